The third-order valence-electron chi connectivity index (χ3n) is 2.84. The van der Waals surface area contributed by atoms with Crippen LogP contribution >= 0.6 is 0 Å². The maximum atomic E-state index is 12.0. The topological polar surface area (TPSA) is 89.7 Å². The van der Waals surface area contributed by atoms with Crippen molar-refractivity contribution in [3.8, 4) is 0 Å². The lowest BCUT2D eigenvalue weighted by molar-refractivity contribution is -0.143. The number of imide groups is 1. The Kier molecular flexibility index (Phi) is 3.50. The molecule has 0 saturated carbocycles. The van der Waals surface area contributed by atoms with Crippen molar-refractivity contribution in [1.29, 1.82) is 0 Å². The van der Waals surface area contributed by atoms with E-state index < -0.39 is 17.8 Å². The van der Waals surface area contributed by atoms with E-state index in [2.05, 4.69) is 0 Å². The average Bonchev–Trinajstić information content (AvgIpc) is 2.60. The van der Waals surface area contributed by atoms with E-state index in [1.54, 1.807) is 13.0 Å². The Morgan fingerprint density at radius 2 is 1.95 bits per heavy atom. The van der Waals surface area contributed by atoms with Gasteiger partial charge in [-0.3, -0.25) is 19.3 Å². The molecular weight excluding hydrogens is 248 g/mol. The Morgan fingerprint density at radius 1 is 1.26 bits per heavy atom. The summed E-state index contributed by atoms with van der Waals surface area (Å²) in [6.07, 6.45) is -0.00517. The van der Waals surface area contributed by atoms with Gasteiger partial charge < -0.3 is 10.5 Å². The lowest BCUT2D eigenvalue weighted by Gasteiger charge is -2.12. The number of ether oxygens (including phenoxy) is 1. The number of hydrogen-bond acceptors (Lipinski definition) is 5. The highest BCUT2D eigenvalue weighted by Gasteiger charge is 2.35. The predicted molar refractivity (Wildman–Crippen MR) is 67.5 cm³/mol. The molecule has 1 aromatic rings. The van der Waals surface area contributed by atoms with Crippen LogP contribution in [0.15, 0.2) is 18.2 Å². The molecule has 1 aromatic carbocycles. The number of nitrogens with two attached hydrogens (primary N) is 1. The molecule has 0 atom stereocenters. The molecule has 1 heterocycles. The number of hydrogen-bond donors (Lipinski definition) is 1. The van der Waals surface area contributed by atoms with Crippen molar-refractivity contribution >= 4 is 23.5 Å². The van der Waals surface area contributed by atoms with Gasteiger partial charge in [-0.15, -0.1) is 0 Å². The number of carbonyl (C=O) groups is 3. The van der Waals surface area contributed by atoms with Crippen LogP contribution in [0.4, 0.5) is 5.69 Å². The number of amides is 2. The highest BCUT2D eigenvalue weighted by molar-refractivity contribution is 6.21. The second-order valence-corrected chi connectivity index (χ2v) is 4.12. The van der Waals surface area contributed by atoms with E-state index in [1.165, 1.54) is 12.1 Å². The summed E-state index contributed by atoms with van der Waals surface area (Å²) in [6, 6.07) is 4.56. The van der Waals surface area contributed by atoms with Gasteiger partial charge >= 0.3 is 5.97 Å². The van der Waals surface area contributed by atoms with Crippen LogP contribution in [0.3, 0.4) is 0 Å². The zero-order chi connectivity index (χ0) is 14.0. The third kappa shape index (κ3) is 2.42. The number of esters is 1. The number of carbonyl (C=O) groups excluding carboxylic acids is 3. The number of fused-ring (bicyclic) bond motifs is 1. The van der Waals surface area contributed by atoms with Crippen LogP contribution < -0.4 is 5.73 Å². The summed E-state index contributed by atoms with van der Waals surface area (Å²) in [4.78, 5) is 36.3. The van der Waals surface area contributed by atoms with Gasteiger partial charge in [-0.1, -0.05) is 0 Å². The number of rotatable bonds is 4. The van der Waals surface area contributed by atoms with Crippen molar-refractivity contribution in [2.45, 2.75) is 13.3 Å². The van der Waals surface area contributed by atoms with Crippen LogP contribution in [0.2, 0.25) is 0 Å². The van der Waals surface area contributed by atoms with Gasteiger partial charge in [0, 0.05) is 12.2 Å². The Balaban J connectivity index is 2.12. The first-order valence-electron chi connectivity index (χ1n) is 5.96. The molecule has 0 aromatic heterocycles. The largest absolute Gasteiger partial charge is 0.466 e. The maximum absolute atomic E-state index is 12.0. The monoisotopic (exact) mass is 262 g/mol. The molecule has 0 spiro atoms. The van der Waals surface area contributed by atoms with E-state index in [4.69, 9.17) is 10.5 Å². The fraction of sp³-hybridized carbons (Fsp3) is 0.308. The molecule has 1 aliphatic rings. The predicted octanol–water partition coefficient (Wildman–Crippen LogP) is 0.818. The summed E-state index contributed by atoms with van der Waals surface area (Å²) in [6.45, 7) is 1.99. The molecular formula is C13H14N2O4. The molecule has 19 heavy (non-hydrogen) atoms. The van der Waals surface area contributed by atoms with E-state index in [-0.39, 0.29) is 25.1 Å². The lowest BCUT2D eigenvalue weighted by Crippen LogP contribution is -2.32. The number of benzene rings is 1. The first-order valence-corrected chi connectivity index (χ1v) is 5.96. The van der Waals surface area contributed by atoms with E-state index in [0.29, 0.717) is 11.3 Å². The van der Waals surface area contributed by atoms with Gasteiger partial charge in [0.25, 0.3) is 11.8 Å². The van der Waals surface area contributed by atoms with Crippen LogP contribution in [0, 0.1) is 0 Å². The Bertz CT molecular complexity index is 554. The standard InChI is InChI=1S/C13H14N2O4/c1-2-19-11(16)5-6-15-12(17)9-4-3-8(14)7-10(9)13(15)18/h3-4,7H,2,5-6,14H2,1H3. The molecule has 0 radical (unpaired) electrons. The van der Waals surface area contributed by atoms with Crippen molar-refractivity contribution in [3.05, 3.63) is 29.3 Å². The van der Waals surface area contributed by atoms with Gasteiger partial charge in [0.2, 0.25) is 0 Å². The third-order valence-corrected chi connectivity index (χ3v) is 2.84. The molecule has 1 aliphatic heterocycles. The Labute approximate surface area is 110 Å². The molecule has 0 bridgehead atoms. The van der Waals surface area contributed by atoms with Gasteiger partial charge in [-0.2, -0.15) is 0 Å². The fourth-order valence-corrected chi connectivity index (χ4v) is 1.95. The van der Waals surface area contributed by atoms with Gasteiger partial charge in [0.1, 0.15) is 0 Å². The molecule has 6 heteroatoms. The highest BCUT2D eigenvalue weighted by atomic mass is 16.5. The van der Waals surface area contributed by atoms with Crippen molar-refractivity contribution in [2.24, 2.45) is 0 Å². The van der Waals surface area contributed by atoms with E-state index >= 15 is 0 Å². The summed E-state index contributed by atoms with van der Waals surface area (Å²) in [5.74, 6) is -1.25. The Morgan fingerprint density at radius 3 is 2.63 bits per heavy atom. The summed E-state index contributed by atoms with van der Waals surface area (Å²) in [5.41, 5.74) is 6.62. The lowest BCUT2D eigenvalue weighted by atomic mass is 10.1. The first-order chi connectivity index (χ1) is 9.04. The minimum Gasteiger partial charge on any atom is -0.466 e. The maximum Gasteiger partial charge on any atom is 0.307 e. The van der Waals surface area contributed by atoms with Gasteiger partial charge in [-0.25, -0.2) is 0 Å². The van der Waals surface area contributed by atoms with Crippen LogP contribution in [-0.4, -0.2) is 35.8 Å². The SMILES string of the molecule is CCOC(=O)CCN1C(=O)c2ccc(N)cc2C1=O. The van der Waals surface area contributed by atoms with Crippen molar-refractivity contribution < 1.29 is 19.1 Å². The normalized spacial score (nSPS) is 13.6. The van der Waals surface area contributed by atoms with Crippen LogP contribution in [0.5, 0.6) is 0 Å². The molecule has 0 saturated heterocycles. The molecule has 2 N–H and O–H groups in total. The van der Waals surface area contributed by atoms with E-state index in [1.807, 2.05) is 0 Å². The van der Waals surface area contributed by atoms with Gasteiger partial charge in [0.15, 0.2) is 0 Å². The molecule has 0 fully saturated rings. The quantitative estimate of drug-likeness (QED) is 0.493. The van der Waals surface area contributed by atoms with Crippen LogP contribution in [0.1, 0.15) is 34.1 Å². The molecule has 2 rings (SSSR count). The number of nitrogen functional groups attached to an aromatic ring is 1. The second kappa shape index (κ2) is 5.09. The highest BCUT2D eigenvalue weighted by Crippen LogP contribution is 2.24. The minimum atomic E-state index is -0.432. The van der Waals surface area contributed by atoms with Crippen molar-refractivity contribution in [1.82, 2.24) is 4.90 Å². The fourth-order valence-electron chi connectivity index (χ4n) is 1.95. The summed E-state index contributed by atoms with van der Waals surface area (Å²) in [5, 5.41) is 0. The zero-order valence-electron chi connectivity index (χ0n) is 10.5. The number of anilines is 1. The number of nitrogens with zero attached hydrogens (tertiary/aromatic N) is 1. The summed E-state index contributed by atoms with van der Waals surface area (Å²) < 4.78 is 4.76. The van der Waals surface area contributed by atoms with Crippen LogP contribution in [-0.2, 0) is 9.53 Å². The molecule has 100 valence electrons. The smallest absolute Gasteiger partial charge is 0.307 e. The van der Waals surface area contributed by atoms with Crippen molar-refractivity contribution in [2.75, 3.05) is 18.9 Å². The molecule has 0 unspecified atom stereocenters. The van der Waals surface area contributed by atoms with E-state index in [9.17, 15) is 14.4 Å². The second-order valence-electron chi connectivity index (χ2n) is 4.12. The van der Waals surface area contributed by atoms with Gasteiger partial charge in [-0.05, 0) is 25.1 Å². The first kappa shape index (κ1) is 13.1. The minimum absolute atomic E-state index is 0.00517. The molecule has 2 amide bonds. The summed E-state index contributed by atoms with van der Waals surface area (Å²) in [7, 11) is 0. The molecule has 6 nitrogen and oxygen atoms in total. The molecule has 0 aliphatic carbocycles. The average molecular weight is 262 g/mol. The van der Waals surface area contributed by atoms with Crippen molar-refractivity contribution in [3.63, 3.8) is 0 Å². The van der Waals surface area contributed by atoms with Gasteiger partial charge in [0.05, 0.1) is 24.2 Å². The zero-order valence-corrected chi connectivity index (χ0v) is 10.5. The summed E-state index contributed by atoms with van der Waals surface area (Å²) >= 11 is 0. The van der Waals surface area contributed by atoms with E-state index in [0.717, 1.165) is 4.90 Å². The van der Waals surface area contributed by atoms with Crippen LogP contribution in [0.25, 0.3) is 0 Å². The Hall–Kier alpha value is -2.37.